The molecule has 8 heteroatoms. The van der Waals surface area contributed by atoms with Crippen molar-refractivity contribution in [1.29, 1.82) is 0 Å². The van der Waals surface area contributed by atoms with E-state index in [-0.39, 0.29) is 21.3 Å². The highest BCUT2D eigenvalue weighted by Crippen LogP contribution is 2.29. The number of esters is 1. The number of nitrogens with two attached hydrogens (primary N) is 1. The second-order valence-corrected chi connectivity index (χ2v) is 6.93. The highest BCUT2D eigenvalue weighted by atomic mass is 79.9. The molecule has 1 atom stereocenters. The lowest BCUT2D eigenvalue weighted by Gasteiger charge is -2.20. The zero-order valence-electron chi connectivity index (χ0n) is 14.6. The number of nitrogen functional groups attached to an aromatic ring is 1. The van der Waals surface area contributed by atoms with Gasteiger partial charge in [0, 0.05) is 0 Å². The number of ether oxygens (including phenoxy) is 2. The van der Waals surface area contributed by atoms with Gasteiger partial charge in [0.2, 0.25) is 0 Å². The molecular weight excluding hydrogens is 395 g/mol. The van der Waals surface area contributed by atoms with Gasteiger partial charge < -0.3 is 20.5 Å². The summed E-state index contributed by atoms with van der Waals surface area (Å²) in [4.78, 5) is 23.4. The van der Waals surface area contributed by atoms with E-state index in [2.05, 4.69) is 37.8 Å². The van der Waals surface area contributed by atoms with Gasteiger partial charge in [-0.1, -0.05) is 11.8 Å². The molecule has 0 aliphatic carbocycles. The molecule has 6 nitrogen and oxygen atoms in total. The third-order valence-corrected chi connectivity index (χ3v) is 3.59. The maximum Gasteiger partial charge on any atom is 0.408 e. The van der Waals surface area contributed by atoms with E-state index in [9.17, 15) is 14.0 Å². The predicted molar refractivity (Wildman–Crippen MR) is 95.6 cm³/mol. The Morgan fingerprint density at radius 3 is 2.52 bits per heavy atom. The number of carbonyl (C=O) groups is 2. The summed E-state index contributed by atoms with van der Waals surface area (Å²) in [7, 11) is 1.17. The minimum Gasteiger partial charge on any atom is -0.465 e. The largest absolute Gasteiger partial charge is 0.465 e. The van der Waals surface area contributed by atoms with Gasteiger partial charge in [0.1, 0.15) is 11.4 Å². The molecule has 0 aromatic heterocycles. The summed E-state index contributed by atoms with van der Waals surface area (Å²) in [6.07, 6.45) is -0.629. The molecule has 0 fully saturated rings. The first kappa shape index (κ1) is 20.8. The van der Waals surface area contributed by atoms with Crippen LogP contribution in [0.5, 0.6) is 0 Å². The fourth-order valence-electron chi connectivity index (χ4n) is 1.74. The van der Waals surface area contributed by atoms with Crippen molar-refractivity contribution in [2.75, 3.05) is 12.8 Å². The van der Waals surface area contributed by atoms with Crippen LogP contribution < -0.4 is 11.1 Å². The molecule has 136 valence electrons. The number of halogens is 2. The molecule has 1 amide bonds. The monoisotopic (exact) mass is 414 g/mol. The number of benzene rings is 1. The number of methoxy groups -OCH3 is 1. The number of alkyl carbamates (subject to hydrolysis) is 1. The average Bonchev–Trinajstić information content (AvgIpc) is 2.48. The number of rotatable bonds is 2. The van der Waals surface area contributed by atoms with Crippen LogP contribution >= 0.6 is 15.9 Å². The molecule has 1 rings (SSSR count). The van der Waals surface area contributed by atoms with Gasteiger partial charge in [0.15, 0.2) is 0 Å². The maximum atomic E-state index is 14.0. The summed E-state index contributed by atoms with van der Waals surface area (Å²) < 4.78 is 23.7. The molecule has 0 bridgehead atoms. The lowest BCUT2D eigenvalue weighted by atomic mass is 10.1. The van der Waals surface area contributed by atoms with E-state index in [1.165, 1.54) is 7.11 Å². The Balaban J connectivity index is 3.08. The number of anilines is 1. The standard InChI is InChI=1S/C17H20BrFN2O4/c1-9(21-16(23)25-17(2,3)4)6-7-10-13(18)12(19)8-11(14(10)20)15(22)24-5/h8-9H,20H2,1-5H3,(H,21,23)/t9-/m0/s1. The zero-order valence-corrected chi connectivity index (χ0v) is 16.2. The molecule has 0 aliphatic heterocycles. The van der Waals surface area contributed by atoms with Crippen LogP contribution in [0.4, 0.5) is 14.9 Å². The van der Waals surface area contributed by atoms with Gasteiger partial charge in [-0.05, 0) is 49.7 Å². The van der Waals surface area contributed by atoms with E-state index in [0.717, 1.165) is 6.07 Å². The second-order valence-electron chi connectivity index (χ2n) is 6.14. The number of hydrogen-bond donors (Lipinski definition) is 2. The van der Waals surface area contributed by atoms with Crippen molar-refractivity contribution in [1.82, 2.24) is 5.32 Å². The first-order valence-electron chi connectivity index (χ1n) is 7.33. The molecule has 25 heavy (non-hydrogen) atoms. The fourth-order valence-corrected chi connectivity index (χ4v) is 2.17. The van der Waals surface area contributed by atoms with Crippen molar-refractivity contribution in [3.8, 4) is 11.8 Å². The summed E-state index contributed by atoms with van der Waals surface area (Å²) in [5.41, 5.74) is 5.21. The summed E-state index contributed by atoms with van der Waals surface area (Å²) >= 11 is 3.06. The highest BCUT2D eigenvalue weighted by molar-refractivity contribution is 9.10. The van der Waals surface area contributed by atoms with E-state index in [4.69, 9.17) is 10.5 Å². The lowest BCUT2D eigenvalue weighted by molar-refractivity contribution is 0.0518. The molecular formula is C17H20BrFN2O4. The van der Waals surface area contributed by atoms with Gasteiger partial charge in [-0.2, -0.15) is 0 Å². The van der Waals surface area contributed by atoms with Crippen LogP contribution in [-0.4, -0.2) is 30.8 Å². The van der Waals surface area contributed by atoms with Crippen LogP contribution in [0, 0.1) is 17.7 Å². The van der Waals surface area contributed by atoms with Crippen molar-refractivity contribution in [3.63, 3.8) is 0 Å². The molecule has 0 saturated heterocycles. The average molecular weight is 415 g/mol. The quantitative estimate of drug-likeness (QED) is 0.440. The van der Waals surface area contributed by atoms with E-state index in [1.54, 1.807) is 27.7 Å². The molecule has 1 aromatic carbocycles. The highest BCUT2D eigenvalue weighted by Gasteiger charge is 2.19. The van der Waals surface area contributed by atoms with Crippen LogP contribution in [0.3, 0.4) is 0 Å². The molecule has 0 spiro atoms. The Bertz CT molecular complexity index is 748. The van der Waals surface area contributed by atoms with Crippen LogP contribution in [-0.2, 0) is 9.47 Å². The van der Waals surface area contributed by atoms with Gasteiger partial charge in [-0.25, -0.2) is 14.0 Å². The van der Waals surface area contributed by atoms with Crippen LogP contribution in [0.2, 0.25) is 0 Å². The Labute approximate surface area is 154 Å². The molecule has 0 radical (unpaired) electrons. The van der Waals surface area contributed by atoms with Crippen LogP contribution in [0.1, 0.15) is 43.6 Å². The topological polar surface area (TPSA) is 90.6 Å². The van der Waals surface area contributed by atoms with Crippen molar-refractivity contribution >= 4 is 33.7 Å². The van der Waals surface area contributed by atoms with E-state index in [1.807, 2.05) is 0 Å². The normalized spacial score (nSPS) is 11.8. The molecule has 0 unspecified atom stereocenters. The molecule has 0 aliphatic rings. The molecule has 0 saturated carbocycles. The number of nitrogens with one attached hydrogen (secondary N) is 1. The van der Waals surface area contributed by atoms with Gasteiger partial charge in [-0.15, -0.1) is 0 Å². The number of carbonyl (C=O) groups excluding carboxylic acids is 2. The van der Waals surface area contributed by atoms with Crippen molar-refractivity contribution in [3.05, 3.63) is 27.5 Å². The summed E-state index contributed by atoms with van der Waals surface area (Å²) in [6, 6.07) is 0.379. The summed E-state index contributed by atoms with van der Waals surface area (Å²) in [5, 5.41) is 2.53. The van der Waals surface area contributed by atoms with Gasteiger partial charge in [-0.3, -0.25) is 0 Å². The second kappa shape index (κ2) is 8.21. The first-order valence-corrected chi connectivity index (χ1v) is 8.12. The van der Waals surface area contributed by atoms with Gasteiger partial charge >= 0.3 is 12.1 Å². The maximum absolute atomic E-state index is 14.0. The fraction of sp³-hybridized carbons (Fsp3) is 0.412. The van der Waals surface area contributed by atoms with Gasteiger partial charge in [0.25, 0.3) is 0 Å². The van der Waals surface area contributed by atoms with E-state index in [0.29, 0.717) is 0 Å². The zero-order chi connectivity index (χ0) is 19.4. The smallest absolute Gasteiger partial charge is 0.408 e. The Morgan fingerprint density at radius 1 is 1.40 bits per heavy atom. The number of hydrogen-bond acceptors (Lipinski definition) is 5. The Kier molecular flexibility index (Phi) is 6.82. The van der Waals surface area contributed by atoms with Crippen molar-refractivity contribution in [2.24, 2.45) is 0 Å². The molecule has 1 aromatic rings. The van der Waals surface area contributed by atoms with Crippen molar-refractivity contribution < 1.29 is 23.5 Å². The minimum atomic E-state index is -0.771. The van der Waals surface area contributed by atoms with E-state index >= 15 is 0 Å². The SMILES string of the molecule is COC(=O)c1cc(F)c(Br)c(C#C[C@H](C)NC(=O)OC(C)(C)C)c1N. The summed E-state index contributed by atoms with van der Waals surface area (Å²) in [5.74, 6) is 3.91. The van der Waals surface area contributed by atoms with Crippen molar-refractivity contribution in [2.45, 2.75) is 39.3 Å². The van der Waals surface area contributed by atoms with E-state index < -0.39 is 29.5 Å². The molecule has 0 heterocycles. The minimum absolute atomic E-state index is 0.0166. The van der Waals surface area contributed by atoms with Gasteiger partial charge in [0.05, 0.1) is 34.4 Å². The van der Waals surface area contributed by atoms with Crippen LogP contribution in [0.15, 0.2) is 10.5 Å². The molecule has 3 N–H and O–H groups in total. The third kappa shape index (κ3) is 5.94. The van der Waals surface area contributed by atoms with Crippen LogP contribution in [0.25, 0.3) is 0 Å². The number of amides is 1. The third-order valence-electron chi connectivity index (χ3n) is 2.81. The summed E-state index contributed by atoms with van der Waals surface area (Å²) in [6.45, 7) is 6.84. The lowest BCUT2D eigenvalue weighted by Crippen LogP contribution is -2.37. The Morgan fingerprint density at radius 2 is 2.00 bits per heavy atom. The predicted octanol–water partition coefficient (Wildman–Crippen LogP) is 3.22. The Hall–Kier alpha value is -2.27. The first-order chi connectivity index (χ1) is 11.5.